The van der Waals surface area contributed by atoms with Gasteiger partial charge < -0.3 is 5.11 Å². The smallest absolute Gasteiger partial charge is 0.0594 e. The molecule has 0 aromatic heterocycles. The van der Waals surface area contributed by atoms with Gasteiger partial charge in [0.15, 0.2) is 0 Å². The van der Waals surface area contributed by atoms with E-state index in [-0.39, 0.29) is 11.5 Å². The third-order valence-electron chi connectivity index (χ3n) is 13.5. The molecule has 5 fully saturated rings. The summed E-state index contributed by atoms with van der Waals surface area (Å²) < 4.78 is 0. The zero-order chi connectivity index (χ0) is 22.6. The average molecular weight is 427 g/mol. The molecule has 176 valence electrons. The third kappa shape index (κ3) is 2.65. The molecule has 5 aliphatic rings. The first kappa shape index (κ1) is 22.5. The van der Waals surface area contributed by atoms with Gasteiger partial charge in [0.25, 0.3) is 0 Å². The van der Waals surface area contributed by atoms with E-state index < -0.39 is 0 Å². The van der Waals surface area contributed by atoms with E-state index in [1.54, 1.807) is 0 Å². The maximum Gasteiger partial charge on any atom is 0.0594 e. The van der Waals surface area contributed by atoms with E-state index in [4.69, 9.17) is 0 Å². The van der Waals surface area contributed by atoms with Crippen molar-refractivity contribution >= 4 is 0 Å². The van der Waals surface area contributed by atoms with Gasteiger partial charge in [0.2, 0.25) is 0 Å². The van der Waals surface area contributed by atoms with Gasteiger partial charge in [-0.2, -0.15) is 0 Å². The van der Waals surface area contributed by atoms with Crippen LogP contribution >= 0.6 is 0 Å². The minimum absolute atomic E-state index is 0.0632. The SMILES string of the molecule is C=C(C)[C@@H]1CC[C@@]2(C)CC[C@]3(C)[C@H](CC[C@H]4[C@@]5(C)CC[C@H](O)C(C)(C)[C@H]5CC[C@@]43C)[C@@H]12. The summed E-state index contributed by atoms with van der Waals surface area (Å²) in [4.78, 5) is 0. The van der Waals surface area contributed by atoms with Crippen LogP contribution in [0.3, 0.4) is 0 Å². The molecule has 0 aromatic rings. The van der Waals surface area contributed by atoms with Crippen molar-refractivity contribution in [2.75, 3.05) is 0 Å². The number of hydrogen-bond donors (Lipinski definition) is 1. The number of rotatable bonds is 1. The molecule has 31 heavy (non-hydrogen) atoms. The van der Waals surface area contributed by atoms with Gasteiger partial charge in [-0.15, -0.1) is 0 Å². The molecular weight excluding hydrogens is 376 g/mol. The highest BCUT2D eigenvalue weighted by Gasteiger charge is 2.70. The van der Waals surface area contributed by atoms with E-state index >= 15 is 0 Å². The Morgan fingerprint density at radius 3 is 2.13 bits per heavy atom. The molecule has 0 unspecified atom stereocenters. The molecule has 0 aromatic carbocycles. The first-order valence-electron chi connectivity index (χ1n) is 13.6. The van der Waals surface area contributed by atoms with Crippen LogP contribution in [0.5, 0.6) is 0 Å². The van der Waals surface area contributed by atoms with Crippen molar-refractivity contribution in [3.63, 3.8) is 0 Å². The van der Waals surface area contributed by atoms with Crippen LogP contribution in [0.15, 0.2) is 12.2 Å². The van der Waals surface area contributed by atoms with Gasteiger partial charge in [-0.1, -0.05) is 53.7 Å². The average Bonchev–Trinajstić information content (AvgIpc) is 3.04. The fraction of sp³-hybridized carbons (Fsp3) is 0.933. The molecule has 0 radical (unpaired) electrons. The molecule has 5 aliphatic carbocycles. The van der Waals surface area contributed by atoms with Crippen LogP contribution < -0.4 is 0 Å². The summed E-state index contributed by atoms with van der Waals surface area (Å²) in [6, 6.07) is 0. The van der Waals surface area contributed by atoms with Crippen LogP contribution in [0.1, 0.15) is 113 Å². The minimum Gasteiger partial charge on any atom is -0.393 e. The lowest BCUT2D eigenvalue weighted by Gasteiger charge is -2.73. The lowest BCUT2D eigenvalue weighted by Crippen LogP contribution is -2.66. The second kappa shape index (κ2) is 6.64. The number of allylic oxidation sites excluding steroid dienone is 1. The molecule has 0 aliphatic heterocycles. The van der Waals surface area contributed by atoms with E-state index in [1.807, 2.05) is 0 Å². The zero-order valence-corrected chi connectivity index (χ0v) is 21.7. The van der Waals surface area contributed by atoms with Crippen molar-refractivity contribution in [2.45, 2.75) is 119 Å². The van der Waals surface area contributed by atoms with Gasteiger partial charge in [0.1, 0.15) is 0 Å². The van der Waals surface area contributed by atoms with Crippen molar-refractivity contribution in [2.24, 2.45) is 56.7 Å². The Labute approximate surface area is 192 Å². The molecule has 1 nitrogen and oxygen atoms in total. The monoisotopic (exact) mass is 426 g/mol. The van der Waals surface area contributed by atoms with Crippen molar-refractivity contribution in [3.05, 3.63) is 12.2 Å². The number of hydrogen-bond acceptors (Lipinski definition) is 1. The highest BCUT2D eigenvalue weighted by atomic mass is 16.3. The molecule has 1 heteroatoms. The number of fused-ring (bicyclic) bond motifs is 7. The van der Waals surface area contributed by atoms with Crippen LogP contribution in [-0.2, 0) is 0 Å². The van der Waals surface area contributed by atoms with Crippen LogP contribution in [-0.4, -0.2) is 11.2 Å². The van der Waals surface area contributed by atoms with Gasteiger partial charge >= 0.3 is 0 Å². The number of aliphatic hydroxyl groups excluding tert-OH is 1. The van der Waals surface area contributed by atoms with E-state index in [9.17, 15) is 5.11 Å². The van der Waals surface area contributed by atoms with Crippen molar-refractivity contribution in [1.29, 1.82) is 0 Å². The quantitative estimate of drug-likeness (QED) is 0.421. The summed E-state index contributed by atoms with van der Waals surface area (Å²) >= 11 is 0. The molecule has 5 saturated carbocycles. The summed E-state index contributed by atoms with van der Waals surface area (Å²) in [6.07, 6.45) is 13.4. The molecule has 1 N–H and O–H groups in total. The van der Waals surface area contributed by atoms with Crippen molar-refractivity contribution in [1.82, 2.24) is 0 Å². The predicted molar refractivity (Wildman–Crippen MR) is 131 cm³/mol. The van der Waals surface area contributed by atoms with Gasteiger partial charge in [0, 0.05) is 0 Å². The molecule has 0 saturated heterocycles. The maximum absolute atomic E-state index is 10.9. The summed E-state index contributed by atoms with van der Waals surface area (Å²) in [5.74, 6) is 3.98. The molecule has 0 spiro atoms. The van der Waals surface area contributed by atoms with Crippen LogP contribution in [0.2, 0.25) is 0 Å². The fourth-order valence-corrected chi connectivity index (χ4v) is 11.5. The second-order valence-corrected chi connectivity index (χ2v) is 14.7. The van der Waals surface area contributed by atoms with Crippen LogP contribution in [0.25, 0.3) is 0 Å². The predicted octanol–water partition coefficient (Wildman–Crippen LogP) is 8.02. The largest absolute Gasteiger partial charge is 0.393 e. The second-order valence-electron chi connectivity index (χ2n) is 14.7. The van der Waals surface area contributed by atoms with Gasteiger partial charge in [-0.25, -0.2) is 0 Å². The third-order valence-corrected chi connectivity index (χ3v) is 13.5. The highest BCUT2D eigenvalue weighted by molar-refractivity contribution is 5.21. The Morgan fingerprint density at radius 2 is 1.45 bits per heavy atom. The molecule has 5 rings (SSSR count). The Balaban J connectivity index is 1.54. The van der Waals surface area contributed by atoms with E-state index in [0.29, 0.717) is 27.6 Å². The Hall–Kier alpha value is -0.300. The van der Waals surface area contributed by atoms with E-state index in [2.05, 4.69) is 55.0 Å². The van der Waals surface area contributed by atoms with Gasteiger partial charge in [0.05, 0.1) is 6.10 Å². The summed E-state index contributed by atoms with van der Waals surface area (Å²) in [7, 11) is 0. The normalized spacial score (nSPS) is 57.9. The Morgan fingerprint density at radius 1 is 0.742 bits per heavy atom. The van der Waals surface area contributed by atoms with E-state index in [0.717, 1.165) is 30.1 Å². The lowest BCUT2D eigenvalue weighted by molar-refractivity contribution is -0.246. The summed E-state index contributed by atoms with van der Waals surface area (Å²) in [6.45, 7) is 22.3. The van der Waals surface area contributed by atoms with Crippen LogP contribution in [0, 0.1) is 56.7 Å². The minimum atomic E-state index is -0.118. The van der Waals surface area contributed by atoms with Crippen LogP contribution in [0.4, 0.5) is 0 Å². The highest BCUT2D eigenvalue weighted by Crippen LogP contribution is 2.77. The first-order valence-corrected chi connectivity index (χ1v) is 13.6. The summed E-state index contributed by atoms with van der Waals surface area (Å²) in [5.41, 5.74) is 3.38. The molecule has 0 heterocycles. The standard InChI is InChI=1S/C30H50O/c1-19(2)20-11-14-27(5)17-18-29(7)21(25(20)27)9-10-23-28(6)15-13-24(31)26(3,4)22(28)12-16-30(23,29)8/h20-25,31H,1,9-18H2,2-8H3/t20-,21+,22+,23-,24-,25+,27-,28-,29+,30-/m0/s1. The molecular formula is C30H50O. The van der Waals surface area contributed by atoms with Gasteiger partial charge in [-0.3, -0.25) is 0 Å². The maximum atomic E-state index is 10.9. The Kier molecular flexibility index (Phi) is 4.82. The molecule has 0 bridgehead atoms. The van der Waals surface area contributed by atoms with Crippen molar-refractivity contribution in [3.8, 4) is 0 Å². The Bertz CT molecular complexity index is 766. The summed E-state index contributed by atoms with van der Waals surface area (Å²) in [5, 5.41) is 10.9. The fourth-order valence-electron chi connectivity index (χ4n) is 11.5. The van der Waals surface area contributed by atoms with E-state index in [1.165, 1.54) is 63.4 Å². The molecule has 0 amide bonds. The molecule has 10 atom stereocenters. The first-order chi connectivity index (χ1) is 14.3. The zero-order valence-electron chi connectivity index (χ0n) is 21.7. The topological polar surface area (TPSA) is 20.2 Å². The van der Waals surface area contributed by atoms with Gasteiger partial charge in [-0.05, 0) is 128 Å². The lowest BCUT2D eigenvalue weighted by atomic mass is 9.32. The van der Waals surface area contributed by atoms with Crippen molar-refractivity contribution < 1.29 is 5.11 Å². The number of aliphatic hydroxyl groups is 1.